The van der Waals surface area contributed by atoms with Gasteiger partial charge in [0.25, 0.3) is 0 Å². The monoisotopic (exact) mass is 438 g/mol. The average Bonchev–Trinajstić information content (AvgIpc) is 3.24. The summed E-state index contributed by atoms with van der Waals surface area (Å²) >= 11 is 0. The molecule has 0 radical (unpaired) electrons. The van der Waals surface area contributed by atoms with Crippen molar-refractivity contribution in [3.05, 3.63) is 69.8 Å². The van der Waals surface area contributed by atoms with E-state index in [2.05, 4.69) is 0 Å². The highest BCUT2D eigenvalue weighted by Gasteiger charge is 2.73. The third-order valence-corrected chi connectivity index (χ3v) is 5.61. The van der Waals surface area contributed by atoms with E-state index in [1.54, 1.807) is 0 Å². The van der Waals surface area contributed by atoms with Crippen molar-refractivity contribution in [3.8, 4) is 0 Å². The lowest BCUT2D eigenvalue weighted by atomic mass is 9.87. The number of alkyl halides is 6. The van der Waals surface area contributed by atoms with Gasteiger partial charge in [0.05, 0.1) is 17.6 Å². The molecule has 30 heavy (non-hydrogen) atoms. The number of rotatable bonds is 1. The number of aliphatic hydroxyl groups excluding tert-OH is 1. The third-order valence-electron chi connectivity index (χ3n) is 5.61. The summed E-state index contributed by atoms with van der Waals surface area (Å²) in [7, 11) is 0. The van der Waals surface area contributed by atoms with Crippen LogP contribution in [0.4, 0.5) is 35.1 Å². The summed E-state index contributed by atoms with van der Waals surface area (Å²) in [6.45, 7) is 0. The molecule has 0 bridgehead atoms. The fraction of sp³-hybridized carbons (Fsp3) is 0.316. The van der Waals surface area contributed by atoms with Gasteiger partial charge in [-0.1, -0.05) is 6.07 Å². The molecule has 2 aliphatic carbocycles. The molecule has 2 N–H and O–H groups in total. The smallest absolute Gasteiger partial charge is 0.388 e. The van der Waals surface area contributed by atoms with E-state index in [1.807, 2.05) is 0 Å². The van der Waals surface area contributed by atoms with Gasteiger partial charge < -0.3 is 10.2 Å². The number of hydrogen-bond acceptors (Lipinski definition) is 3. The lowest BCUT2D eigenvalue weighted by Crippen LogP contribution is -2.20. The van der Waals surface area contributed by atoms with Crippen molar-refractivity contribution in [2.75, 3.05) is 0 Å². The Hall–Kier alpha value is -2.53. The summed E-state index contributed by atoms with van der Waals surface area (Å²) < 4.78 is 105. The van der Waals surface area contributed by atoms with Crippen molar-refractivity contribution in [2.45, 2.75) is 24.1 Å². The number of Topliss-reactive ketones (excluding diaryl/α,β-unsaturated/α-hetero) is 1. The van der Waals surface area contributed by atoms with Crippen LogP contribution in [0.2, 0.25) is 0 Å². The molecule has 0 saturated heterocycles. The van der Waals surface area contributed by atoms with Gasteiger partial charge in [0.1, 0.15) is 22.8 Å². The van der Waals surface area contributed by atoms with Crippen LogP contribution in [0.25, 0.3) is 0 Å². The molecule has 1 saturated carbocycles. The number of carbonyl (C=O) groups excluding carboxylic acids is 1. The molecule has 2 aliphatic rings. The molecule has 2 aromatic carbocycles. The highest BCUT2D eigenvalue weighted by Crippen LogP contribution is 2.67. The Balaban J connectivity index is 1.79. The van der Waals surface area contributed by atoms with Crippen LogP contribution in [0, 0.1) is 23.5 Å². The van der Waals surface area contributed by atoms with Crippen LogP contribution in [0.1, 0.15) is 38.7 Å². The van der Waals surface area contributed by atoms with Crippen LogP contribution in [0.5, 0.6) is 0 Å². The fourth-order valence-corrected chi connectivity index (χ4v) is 4.20. The van der Waals surface area contributed by atoms with Gasteiger partial charge in [-0.15, -0.1) is 0 Å². The van der Waals surface area contributed by atoms with E-state index in [0.717, 1.165) is 6.07 Å². The Morgan fingerprint density at radius 1 is 0.900 bits per heavy atom. The van der Waals surface area contributed by atoms with Crippen molar-refractivity contribution < 1.29 is 50.1 Å². The van der Waals surface area contributed by atoms with E-state index in [4.69, 9.17) is 0 Å². The Bertz CT molecular complexity index is 1050. The summed E-state index contributed by atoms with van der Waals surface area (Å²) in [4.78, 5) is 12.6. The molecule has 0 aliphatic heterocycles. The molecule has 11 heteroatoms. The van der Waals surface area contributed by atoms with Crippen molar-refractivity contribution in [2.24, 2.45) is 11.8 Å². The highest BCUT2D eigenvalue weighted by atomic mass is 19.4. The molecular weight excluding hydrogens is 428 g/mol. The van der Waals surface area contributed by atoms with Gasteiger partial charge >= 0.3 is 12.4 Å². The maximum absolute atomic E-state index is 13.9. The maximum atomic E-state index is 13.9. The molecule has 4 rings (SSSR count). The second-order valence-corrected chi connectivity index (χ2v) is 7.25. The van der Waals surface area contributed by atoms with Gasteiger partial charge in [-0.05, 0) is 35.4 Å². The molecule has 1 fully saturated rings. The first kappa shape index (κ1) is 20.7. The SMILES string of the molecule is O=C1c2ccc(C(F)(F)F)cc2C(O)[C@H]2C1C2(O)c1cc(F)c(C(F)(F)F)c(F)c1. The highest BCUT2D eigenvalue weighted by molar-refractivity contribution is 6.04. The van der Waals surface area contributed by atoms with Crippen molar-refractivity contribution in [1.29, 1.82) is 0 Å². The minimum atomic E-state index is -5.36. The van der Waals surface area contributed by atoms with E-state index in [-0.39, 0.29) is 17.7 Å². The van der Waals surface area contributed by atoms with Crippen LogP contribution < -0.4 is 0 Å². The number of ketones is 1. The van der Waals surface area contributed by atoms with Crippen molar-refractivity contribution >= 4 is 5.78 Å². The van der Waals surface area contributed by atoms with Gasteiger partial charge in [0, 0.05) is 11.5 Å². The number of fused-ring (bicyclic) bond motifs is 2. The molecule has 160 valence electrons. The van der Waals surface area contributed by atoms with E-state index < -0.39 is 75.6 Å². The first-order valence-electron chi connectivity index (χ1n) is 8.41. The molecule has 0 heterocycles. The number of carbonyl (C=O) groups is 1. The topological polar surface area (TPSA) is 57.5 Å². The van der Waals surface area contributed by atoms with Crippen LogP contribution in [-0.4, -0.2) is 16.0 Å². The van der Waals surface area contributed by atoms with Gasteiger partial charge in [0.15, 0.2) is 5.78 Å². The minimum Gasteiger partial charge on any atom is -0.388 e. The fourth-order valence-electron chi connectivity index (χ4n) is 4.20. The van der Waals surface area contributed by atoms with Crippen LogP contribution in [-0.2, 0) is 18.0 Å². The van der Waals surface area contributed by atoms with Crippen LogP contribution in [0.15, 0.2) is 30.3 Å². The number of aliphatic hydroxyl groups is 2. The van der Waals surface area contributed by atoms with Crippen molar-refractivity contribution in [1.82, 2.24) is 0 Å². The molecule has 0 amide bonds. The Morgan fingerprint density at radius 2 is 1.47 bits per heavy atom. The number of hydrogen-bond donors (Lipinski definition) is 2. The Kier molecular flexibility index (Phi) is 4.15. The first-order chi connectivity index (χ1) is 13.7. The third kappa shape index (κ3) is 2.75. The lowest BCUT2D eigenvalue weighted by Gasteiger charge is -2.21. The van der Waals surface area contributed by atoms with Gasteiger partial charge in [0.2, 0.25) is 0 Å². The molecule has 3 nitrogen and oxygen atoms in total. The van der Waals surface area contributed by atoms with E-state index in [1.165, 1.54) is 0 Å². The zero-order chi connectivity index (χ0) is 22.4. The zero-order valence-electron chi connectivity index (χ0n) is 14.4. The molecule has 3 unspecified atom stereocenters. The van der Waals surface area contributed by atoms with E-state index >= 15 is 0 Å². The largest absolute Gasteiger partial charge is 0.422 e. The molecule has 0 aromatic heterocycles. The van der Waals surface area contributed by atoms with E-state index in [0.29, 0.717) is 12.1 Å². The standard InChI is InChI=1S/C19H10F8O3/c20-10-4-7(5-11(21)12(10)19(25,26)27)17(30)13-14(17)16(29)9-3-6(18(22,23)24)1-2-8(9)15(13)28/h1-5,13-14,16,29-30H/t13?,14-,16?,17?/m1/s1. The Labute approximate surface area is 162 Å². The lowest BCUT2D eigenvalue weighted by molar-refractivity contribution is -0.142. The van der Waals surface area contributed by atoms with E-state index in [9.17, 15) is 50.1 Å². The number of halogens is 8. The maximum Gasteiger partial charge on any atom is 0.422 e. The van der Waals surface area contributed by atoms with Crippen molar-refractivity contribution in [3.63, 3.8) is 0 Å². The minimum absolute atomic E-state index is 0.204. The molecule has 4 atom stereocenters. The second kappa shape index (κ2) is 6.01. The predicted molar refractivity (Wildman–Crippen MR) is 83.0 cm³/mol. The first-order valence-corrected chi connectivity index (χ1v) is 8.41. The van der Waals surface area contributed by atoms with Gasteiger partial charge in [-0.2, -0.15) is 26.3 Å². The molecule has 0 spiro atoms. The summed E-state index contributed by atoms with van der Waals surface area (Å²) in [5.74, 6) is -7.91. The van der Waals surface area contributed by atoms with Crippen LogP contribution in [0.3, 0.4) is 0 Å². The summed E-state index contributed by atoms with van der Waals surface area (Å²) in [5, 5.41) is 21.3. The summed E-state index contributed by atoms with van der Waals surface area (Å²) in [6, 6.07) is 2.35. The molecular formula is C19H10F8O3. The average molecular weight is 438 g/mol. The quantitative estimate of drug-likeness (QED) is 0.651. The normalized spacial score (nSPS) is 28.2. The molecule has 2 aromatic rings. The predicted octanol–water partition coefficient (Wildman–Crippen LogP) is 4.37. The van der Waals surface area contributed by atoms with Gasteiger partial charge in [-0.25, -0.2) is 8.78 Å². The summed E-state index contributed by atoms with van der Waals surface area (Å²) in [6.07, 6.45) is -12.0. The number of benzene rings is 2. The Morgan fingerprint density at radius 3 is 1.97 bits per heavy atom. The summed E-state index contributed by atoms with van der Waals surface area (Å²) in [5.41, 5.74) is -7.28. The zero-order valence-corrected chi connectivity index (χ0v) is 14.4. The van der Waals surface area contributed by atoms with Gasteiger partial charge in [-0.3, -0.25) is 4.79 Å². The second-order valence-electron chi connectivity index (χ2n) is 7.25. The van der Waals surface area contributed by atoms with Crippen LogP contribution >= 0.6 is 0 Å².